The maximum Gasteiger partial charge on any atom is 0.134 e. The fourth-order valence-electron chi connectivity index (χ4n) is 8.78. The van der Waals surface area contributed by atoms with E-state index in [1.165, 1.54) is 77.0 Å². The monoisotopic (exact) mass is 496 g/mol. The van der Waals surface area contributed by atoms with Gasteiger partial charge >= 0.3 is 0 Å². The van der Waals surface area contributed by atoms with Crippen molar-refractivity contribution in [2.75, 3.05) is 0 Å². The van der Waals surface area contributed by atoms with E-state index in [4.69, 9.17) is 0 Å². The van der Waals surface area contributed by atoms with E-state index in [-0.39, 0.29) is 11.8 Å². The van der Waals surface area contributed by atoms with Crippen LogP contribution in [0, 0.1) is 41.4 Å². The predicted molar refractivity (Wildman–Crippen MR) is 142 cm³/mol. The van der Waals surface area contributed by atoms with Crippen LogP contribution in [-0.2, 0) is 0 Å². The molecule has 0 spiro atoms. The van der Waals surface area contributed by atoms with Crippen molar-refractivity contribution in [3.63, 3.8) is 0 Å². The zero-order valence-corrected chi connectivity index (χ0v) is 22.8. The Kier molecular flexibility index (Phi) is 11.2. The maximum atomic E-state index is 15.1. The van der Waals surface area contributed by atoms with E-state index in [1.807, 2.05) is 0 Å². The molecular weight excluding hydrogens is 441 g/mol. The van der Waals surface area contributed by atoms with Crippen LogP contribution in [-0.4, -0.2) is 18.5 Å². The highest BCUT2D eigenvalue weighted by Crippen LogP contribution is 2.46. The van der Waals surface area contributed by atoms with Crippen molar-refractivity contribution in [1.82, 2.24) is 0 Å². The van der Waals surface area contributed by atoms with Crippen molar-refractivity contribution in [2.45, 2.75) is 160 Å². The Balaban J connectivity index is 1.13. The Bertz CT molecular complexity index is 579. The summed E-state index contributed by atoms with van der Waals surface area (Å²) in [4.78, 5) is 0. The summed E-state index contributed by atoms with van der Waals surface area (Å²) in [6, 6.07) is 0. The molecule has 4 aliphatic carbocycles. The average molecular weight is 497 g/mol. The van der Waals surface area contributed by atoms with Gasteiger partial charge in [0.2, 0.25) is 0 Å². The van der Waals surface area contributed by atoms with Gasteiger partial charge in [-0.15, -0.1) is 0 Å². The maximum absolute atomic E-state index is 15.1. The Hall–Kier alpha value is -0.210. The quantitative estimate of drug-likeness (QED) is 0.264. The van der Waals surface area contributed by atoms with Crippen molar-refractivity contribution in [3.05, 3.63) is 0 Å². The van der Waals surface area contributed by atoms with Crippen LogP contribution in [0.2, 0.25) is 0 Å². The second kappa shape index (κ2) is 14.1. The normalized spacial score (nSPS) is 41.7. The van der Waals surface area contributed by atoms with Gasteiger partial charge in [0.1, 0.15) is 18.5 Å². The molecule has 4 saturated carbocycles. The molecule has 0 heterocycles. The summed E-state index contributed by atoms with van der Waals surface area (Å²) in [5.74, 6) is 2.68. The molecule has 7 atom stereocenters. The molecule has 204 valence electrons. The highest BCUT2D eigenvalue weighted by molar-refractivity contribution is 4.92. The lowest BCUT2D eigenvalue weighted by Crippen LogP contribution is -2.42. The van der Waals surface area contributed by atoms with Crippen LogP contribution in [0.4, 0.5) is 13.2 Å². The van der Waals surface area contributed by atoms with E-state index in [9.17, 15) is 4.39 Å². The molecule has 4 aliphatic rings. The summed E-state index contributed by atoms with van der Waals surface area (Å²) < 4.78 is 45.0. The first-order valence-electron chi connectivity index (χ1n) is 16.0. The highest BCUT2D eigenvalue weighted by Gasteiger charge is 2.43. The van der Waals surface area contributed by atoms with Crippen LogP contribution in [0.3, 0.4) is 0 Å². The predicted octanol–water partition coefficient (Wildman–Crippen LogP) is 10.6. The second-order valence-electron chi connectivity index (χ2n) is 13.3. The van der Waals surface area contributed by atoms with Crippen molar-refractivity contribution < 1.29 is 13.2 Å². The molecule has 0 radical (unpaired) electrons. The van der Waals surface area contributed by atoms with E-state index in [1.54, 1.807) is 0 Å². The van der Waals surface area contributed by atoms with E-state index >= 15 is 8.78 Å². The van der Waals surface area contributed by atoms with E-state index in [2.05, 4.69) is 6.92 Å². The van der Waals surface area contributed by atoms with Gasteiger partial charge in [0, 0.05) is 0 Å². The fraction of sp³-hybridized carbons (Fsp3) is 1.00. The minimum absolute atomic E-state index is 0.0113. The minimum atomic E-state index is -1.23. The third-order valence-electron chi connectivity index (χ3n) is 11.2. The average Bonchev–Trinajstić information content (AvgIpc) is 2.89. The first-order valence-corrected chi connectivity index (χ1v) is 16.0. The smallest absolute Gasteiger partial charge is 0.134 e. The van der Waals surface area contributed by atoms with Crippen LogP contribution < -0.4 is 0 Å². The van der Waals surface area contributed by atoms with Gasteiger partial charge in [-0.05, 0) is 99.2 Å². The lowest BCUT2D eigenvalue weighted by Gasteiger charge is -2.41. The number of hydrogen-bond acceptors (Lipinski definition) is 0. The summed E-state index contributed by atoms with van der Waals surface area (Å²) in [7, 11) is 0. The summed E-state index contributed by atoms with van der Waals surface area (Å²) in [5.41, 5.74) is 0. The highest BCUT2D eigenvalue weighted by atomic mass is 19.2. The van der Waals surface area contributed by atoms with Gasteiger partial charge in [0.15, 0.2) is 0 Å². The zero-order valence-electron chi connectivity index (χ0n) is 22.8. The first kappa shape index (κ1) is 27.8. The van der Waals surface area contributed by atoms with Crippen molar-refractivity contribution in [1.29, 1.82) is 0 Å². The van der Waals surface area contributed by atoms with Gasteiger partial charge < -0.3 is 0 Å². The lowest BCUT2D eigenvalue weighted by molar-refractivity contribution is -0.0132. The lowest BCUT2D eigenvalue weighted by atomic mass is 9.66. The van der Waals surface area contributed by atoms with Gasteiger partial charge in [-0.2, -0.15) is 0 Å². The molecule has 7 unspecified atom stereocenters. The van der Waals surface area contributed by atoms with E-state index in [0.29, 0.717) is 29.6 Å². The summed E-state index contributed by atoms with van der Waals surface area (Å²) in [6.07, 6.45) is 20.9. The van der Waals surface area contributed by atoms with Gasteiger partial charge in [-0.3, -0.25) is 0 Å². The molecule has 4 rings (SSSR count). The topological polar surface area (TPSA) is 0 Å². The molecule has 0 aliphatic heterocycles. The SMILES string of the molecule is CCCCCCC1CCC(C2CCC(CCC3CCC(C4CCCCC4)C(F)C3F)CC2)CC1F. The fourth-order valence-corrected chi connectivity index (χ4v) is 8.78. The first-order chi connectivity index (χ1) is 17.1. The minimum Gasteiger partial charge on any atom is -0.247 e. The number of alkyl halides is 3. The molecule has 0 aromatic carbocycles. The molecule has 0 aromatic heterocycles. The summed E-state index contributed by atoms with van der Waals surface area (Å²) in [5, 5.41) is 0. The van der Waals surface area contributed by atoms with Gasteiger partial charge in [0.05, 0.1) is 0 Å². The van der Waals surface area contributed by atoms with E-state index in [0.717, 1.165) is 57.8 Å². The van der Waals surface area contributed by atoms with Crippen LogP contribution in [0.15, 0.2) is 0 Å². The molecule has 0 aromatic rings. The Morgan fingerprint density at radius 3 is 1.97 bits per heavy atom. The van der Waals surface area contributed by atoms with Crippen LogP contribution >= 0.6 is 0 Å². The molecule has 35 heavy (non-hydrogen) atoms. The van der Waals surface area contributed by atoms with Gasteiger partial charge in [0.25, 0.3) is 0 Å². The van der Waals surface area contributed by atoms with Gasteiger partial charge in [-0.1, -0.05) is 84.0 Å². The number of hydrogen-bond donors (Lipinski definition) is 0. The molecule has 3 heteroatoms. The molecule has 0 bridgehead atoms. The molecule has 0 saturated heterocycles. The molecular formula is C32H55F3. The number of unbranched alkanes of at least 4 members (excludes halogenated alkanes) is 3. The van der Waals surface area contributed by atoms with Crippen molar-refractivity contribution in [2.24, 2.45) is 41.4 Å². The van der Waals surface area contributed by atoms with Crippen molar-refractivity contribution >= 4 is 0 Å². The summed E-state index contributed by atoms with van der Waals surface area (Å²) >= 11 is 0. The van der Waals surface area contributed by atoms with E-state index < -0.39 is 18.5 Å². The van der Waals surface area contributed by atoms with Gasteiger partial charge in [-0.25, -0.2) is 13.2 Å². The van der Waals surface area contributed by atoms with Crippen LogP contribution in [0.25, 0.3) is 0 Å². The number of rotatable bonds is 10. The zero-order chi connectivity index (χ0) is 24.6. The third kappa shape index (κ3) is 7.66. The Morgan fingerprint density at radius 2 is 1.26 bits per heavy atom. The standard InChI is InChI=1S/C32H55F3/c1-2-3-4-6-11-26-18-19-28(22-30(26)33)24-15-12-23(13-16-24)14-17-27-20-21-29(32(35)31(27)34)25-9-7-5-8-10-25/h23-32H,2-22H2,1H3. The molecule has 0 amide bonds. The Morgan fingerprint density at radius 1 is 0.543 bits per heavy atom. The third-order valence-corrected chi connectivity index (χ3v) is 11.2. The molecule has 0 N–H and O–H groups in total. The molecule has 0 nitrogen and oxygen atoms in total. The number of halogens is 3. The van der Waals surface area contributed by atoms with Crippen molar-refractivity contribution in [3.8, 4) is 0 Å². The second-order valence-corrected chi connectivity index (χ2v) is 13.3. The van der Waals surface area contributed by atoms with Crippen LogP contribution in [0.1, 0.15) is 142 Å². The van der Waals surface area contributed by atoms with Crippen LogP contribution in [0.5, 0.6) is 0 Å². The molecule has 4 fully saturated rings. The summed E-state index contributed by atoms with van der Waals surface area (Å²) in [6.45, 7) is 2.23. The largest absolute Gasteiger partial charge is 0.247 e. The Labute approximate surface area is 215 Å².